The Bertz CT molecular complexity index is 1250. The molecular formula is C24H22N4O3. The van der Waals surface area contributed by atoms with Gasteiger partial charge in [-0.2, -0.15) is 0 Å². The Morgan fingerprint density at radius 1 is 0.839 bits per heavy atom. The van der Waals surface area contributed by atoms with Crippen molar-refractivity contribution in [2.75, 3.05) is 13.1 Å². The lowest BCUT2D eigenvalue weighted by Crippen LogP contribution is -2.35. The van der Waals surface area contributed by atoms with Crippen molar-refractivity contribution in [3.8, 4) is 0 Å². The minimum atomic E-state index is -0.628. The van der Waals surface area contributed by atoms with E-state index in [2.05, 4.69) is 15.0 Å². The summed E-state index contributed by atoms with van der Waals surface area (Å²) < 4.78 is 0. The second kappa shape index (κ2) is 9.21. The summed E-state index contributed by atoms with van der Waals surface area (Å²) in [5, 5.41) is 0.177. The zero-order valence-corrected chi connectivity index (χ0v) is 16.9. The van der Waals surface area contributed by atoms with Gasteiger partial charge in [0, 0.05) is 19.3 Å². The molecule has 0 aliphatic carbocycles. The monoisotopic (exact) mass is 414 g/mol. The van der Waals surface area contributed by atoms with Crippen molar-refractivity contribution in [3.63, 3.8) is 0 Å². The molecule has 0 saturated heterocycles. The van der Waals surface area contributed by atoms with Gasteiger partial charge in [-0.15, -0.1) is 0 Å². The van der Waals surface area contributed by atoms with Crippen LogP contribution < -0.4 is 11.2 Å². The van der Waals surface area contributed by atoms with Crippen LogP contribution in [-0.2, 0) is 12.8 Å². The van der Waals surface area contributed by atoms with Crippen LogP contribution in [-0.4, -0.2) is 38.8 Å². The molecule has 156 valence electrons. The molecule has 7 nitrogen and oxygen atoms in total. The first-order chi connectivity index (χ1) is 15.1. The SMILES string of the molecule is O=C(c1cnc2[nH]c(=O)[nH]c(=O)c2c1)N(CCc1ccccc1)CCc1ccccc1. The predicted octanol–water partition coefficient (Wildman–Crippen LogP) is 2.54. The molecule has 2 N–H and O–H groups in total. The van der Waals surface area contributed by atoms with E-state index in [-0.39, 0.29) is 16.9 Å². The van der Waals surface area contributed by atoms with Crippen LogP contribution in [0.1, 0.15) is 21.5 Å². The molecule has 4 rings (SSSR count). The molecule has 0 saturated carbocycles. The molecule has 7 heteroatoms. The van der Waals surface area contributed by atoms with Crippen LogP contribution in [0.3, 0.4) is 0 Å². The van der Waals surface area contributed by atoms with Gasteiger partial charge >= 0.3 is 5.69 Å². The van der Waals surface area contributed by atoms with Crippen LogP contribution in [0.15, 0.2) is 82.5 Å². The highest BCUT2D eigenvalue weighted by Gasteiger charge is 2.18. The number of hydrogen-bond donors (Lipinski definition) is 2. The largest absolute Gasteiger partial charge is 0.338 e. The first-order valence-electron chi connectivity index (χ1n) is 10.1. The quantitative estimate of drug-likeness (QED) is 0.485. The number of nitrogens with one attached hydrogen (secondary N) is 2. The van der Waals surface area contributed by atoms with Gasteiger partial charge in [-0.05, 0) is 30.0 Å². The lowest BCUT2D eigenvalue weighted by Gasteiger charge is -2.23. The number of pyridine rings is 1. The topological polar surface area (TPSA) is 98.9 Å². The highest BCUT2D eigenvalue weighted by Crippen LogP contribution is 2.12. The normalized spacial score (nSPS) is 10.8. The first kappa shape index (κ1) is 20.3. The third-order valence-corrected chi connectivity index (χ3v) is 5.15. The molecule has 0 atom stereocenters. The number of H-pyrrole nitrogens is 2. The Labute approximate surface area is 178 Å². The molecule has 2 aromatic heterocycles. The average Bonchev–Trinajstić information content (AvgIpc) is 2.80. The summed E-state index contributed by atoms with van der Waals surface area (Å²) in [4.78, 5) is 47.4. The van der Waals surface area contributed by atoms with Gasteiger partial charge in [0.2, 0.25) is 0 Å². The number of aromatic nitrogens is 3. The number of hydrogen-bond acceptors (Lipinski definition) is 4. The molecule has 0 aliphatic heterocycles. The lowest BCUT2D eigenvalue weighted by atomic mass is 10.1. The molecule has 1 amide bonds. The Hall–Kier alpha value is -4.00. The zero-order chi connectivity index (χ0) is 21.6. The first-order valence-corrected chi connectivity index (χ1v) is 10.1. The van der Waals surface area contributed by atoms with Crippen molar-refractivity contribution >= 4 is 16.9 Å². The molecular weight excluding hydrogens is 392 g/mol. The van der Waals surface area contributed by atoms with Crippen LogP contribution >= 0.6 is 0 Å². The minimum Gasteiger partial charge on any atom is -0.338 e. The number of carbonyl (C=O) groups excluding carboxylic acids is 1. The summed E-state index contributed by atoms with van der Waals surface area (Å²) in [5.41, 5.74) is 1.56. The number of rotatable bonds is 7. The fourth-order valence-corrected chi connectivity index (χ4v) is 3.48. The van der Waals surface area contributed by atoms with E-state index in [4.69, 9.17) is 0 Å². The minimum absolute atomic E-state index is 0.158. The molecule has 4 aromatic rings. The molecule has 31 heavy (non-hydrogen) atoms. The summed E-state index contributed by atoms with van der Waals surface area (Å²) in [5.74, 6) is -0.202. The molecule has 0 bridgehead atoms. The van der Waals surface area contributed by atoms with Crippen molar-refractivity contribution in [3.05, 3.63) is 110 Å². The van der Waals surface area contributed by atoms with Gasteiger partial charge in [0.1, 0.15) is 5.65 Å². The summed E-state index contributed by atoms with van der Waals surface area (Å²) >= 11 is 0. The van der Waals surface area contributed by atoms with Gasteiger partial charge in [0.25, 0.3) is 11.5 Å². The third kappa shape index (κ3) is 4.95. The Morgan fingerprint density at radius 3 is 2.00 bits per heavy atom. The summed E-state index contributed by atoms with van der Waals surface area (Å²) in [7, 11) is 0. The Balaban J connectivity index is 1.59. The maximum Gasteiger partial charge on any atom is 0.327 e. The number of fused-ring (bicyclic) bond motifs is 1. The van der Waals surface area contributed by atoms with Crippen LogP contribution in [0, 0.1) is 0 Å². The van der Waals surface area contributed by atoms with Gasteiger partial charge in [-0.3, -0.25) is 19.6 Å². The van der Waals surface area contributed by atoms with E-state index in [1.165, 1.54) is 12.3 Å². The van der Waals surface area contributed by atoms with Gasteiger partial charge in [0.05, 0.1) is 10.9 Å². The van der Waals surface area contributed by atoms with Crippen LogP contribution in [0.4, 0.5) is 0 Å². The summed E-state index contributed by atoms with van der Waals surface area (Å²) in [6.07, 6.45) is 2.84. The molecule has 2 heterocycles. The number of carbonyl (C=O) groups is 1. The van der Waals surface area contributed by atoms with Gasteiger partial charge in [-0.1, -0.05) is 60.7 Å². The maximum absolute atomic E-state index is 13.3. The fraction of sp³-hybridized carbons (Fsp3) is 0.167. The van der Waals surface area contributed by atoms with Crippen molar-refractivity contribution < 1.29 is 4.79 Å². The van der Waals surface area contributed by atoms with Gasteiger partial charge < -0.3 is 4.90 Å². The molecule has 0 fully saturated rings. The number of nitrogens with zero attached hydrogens (tertiary/aromatic N) is 2. The second-order valence-corrected chi connectivity index (χ2v) is 7.29. The van der Waals surface area contributed by atoms with Crippen molar-refractivity contribution in [1.82, 2.24) is 19.9 Å². The Kier molecular flexibility index (Phi) is 6.03. The van der Waals surface area contributed by atoms with Crippen molar-refractivity contribution in [1.29, 1.82) is 0 Å². The standard InChI is InChI=1S/C24H22N4O3/c29-22-20-15-19(16-25-21(20)26-24(31)27-22)23(30)28(13-11-17-7-3-1-4-8-17)14-12-18-9-5-2-6-10-18/h1-10,15-16H,11-14H2,(H2,25,26,27,29,31). The van der Waals surface area contributed by atoms with E-state index < -0.39 is 11.2 Å². The Morgan fingerprint density at radius 2 is 1.42 bits per heavy atom. The maximum atomic E-state index is 13.3. The van der Waals surface area contributed by atoms with E-state index in [0.29, 0.717) is 18.7 Å². The molecule has 0 radical (unpaired) electrons. The number of amides is 1. The second-order valence-electron chi connectivity index (χ2n) is 7.29. The summed E-state index contributed by atoms with van der Waals surface area (Å²) in [6.45, 7) is 1.07. The van der Waals surface area contributed by atoms with E-state index >= 15 is 0 Å². The number of benzene rings is 2. The van der Waals surface area contributed by atoms with Crippen molar-refractivity contribution in [2.24, 2.45) is 0 Å². The molecule has 0 spiro atoms. The van der Waals surface area contributed by atoms with E-state index in [1.807, 2.05) is 60.7 Å². The van der Waals surface area contributed by atoms with Gasteiger partial charge in [-0.25, -0.2) is 9.78 Å². The average molecular weight is 414 g/mol. The third-order valence-electron chi connectivity index (χ3n) is 5.15. The van der Waals surface area contributed by atoms with E-state index in [9.17, 15) is 14.4 Å². The summed E-state index contributed by atoms with van der Waals surface area (Å²) in [6, 6.07) is 21.5. The molecule has 0 aliphatic rings. The van der Waals surface area contributed by atoms with E-state index in [0.717, 1.165) is 24.0 Å². The van der Waals surface area contributed by atoms with Crippen LogP contribution in [0.25, 0.3) is 11.0 Å². The lowest BCUT2D eigenvalue weighted by molar-refractivity contribution is 0.0759. The van der Waals surface area contributed by atoms with Crippen molar-refractivity contribution in [2.45, 2.75) is 12.8 Å². The van der Waals surface area contributed by atoms with Crippen LogP contribution in [0.2, 0.25) is 0 Å². The molecule has 2 aromatic carbocycles. The smallest absolute Gasteiger partial charge is 0.327 e. The van der Waals surface area contributed by atoms with Gasteiger partial charge in [0.15, 0.2) is 0 Å². The molecule has 0 unspecified atom stereocenters. The number of aromatic amines is 2. The predicted molar refractivity (Wildman–Crippen MR) is 119 cm³/mol. The highest BCUT2D eigenvalue weighted by molar-refractivity contribution is 5.96. The van der Waals surface area contributed by atoms with E-state index in [1.54, 1.807) is 4.90 Å². The zero-order valence-electron chi connectivity index (χ0n) is 16.9. The van der Waals surface area contributed by atoms with Crippen LogP contribution in [0.5, 0.6) is 0 Å². The fourth-order valence-electron chi connectivity index (χ4n) is 3.48. The highest BCUT2D eigenvalue weighted by atomic mass is 16.2.